The third kappa shape index (κ3) is 5.80. The van der Waals surface area contributed by atoms with Gasteiger partial charge in [0.2, 0.25) is 0 Å². The molecule has 4 nitrogen and oxygen atoms in total. The monoisotopic (exact) mass is 434 g/mol. The molecule has 0 radical (unpaired) electrons. The van der Waals surface area contributed by atoms with Crippen LogP contribution in [-0.2, 0) is 4.79 Å². The van der Waals surface area contributed by atoms with Crippen molar-refractivity contribution in [2.75, 3.05) is 0 Å². The molecule has 0 amide bonds. The van der Waals surface area contributed by atoms with Crippen LogP contribution in [0.5, 0.6) is 0 Å². The molecular weight excluding hydrogens is 397 g/mol. The molecule has 0 aromatic carbocycles. The molecule has 7 heteroatoms. The number of carboxylic acids is 1. The van der Waals surface area contributed by atoms with E-state index in [1.54, 1.807) is 19.1 Å². The van der Waals surface area contributed by atoms with Gasteiger partial charge in [-0.15, -0.1) is 0 Å². The predicted molar refractivity (Wildman–Crippen MR) is 111 cm³/mol. The van der Waals surface area contributed by atoms with Gasteiger partial charge >= 0.3 is 12.1 Å². The number of allylic oxidation sites excluding steroid dienone is 2. The number of halogens is 3. The molecule has 0 saturated heterocycles. The Kier molecular flexibility index (Phi) is 9.92. The van der Waals surface area contributed by atoms with Gasteiger partial charge in [0.05, 0.1) is 11.5 Å². The van der Waals surface area contributed by atoms with Gasteiger partial charge < -0.3 is 15.3 Å². The van der Waals surface area contributed by atoms with E-state index in [-0.39, 0.29) is 12.8 Å². The number of aliphatic hydroxyl groups is 2. The number of unbranched alkanes of at least 4 members (excludes halogenated alkanes) is 1. The number of rotatable bonds is 12. The highest BCUT2D eigenvalue weighted by Crippen LogP contribution is 2.50. The molecule has 0 bridgehead atoms. The van der Waals surface area contributed by atoms with E-state index < -0.39 is 47.2 Å². The Morgan fingerprint density at radius 2 is 1.73 bits per heavy atom. The van der Waals surface area contributed by atoms with Crippen LogP contribution in [0.4, 0.5) is 13.2 Å². The summed E-state index contributed by atoms with van der Waals surface area (Å²) in [5.74, 6) is -2.56. The lowest BCUT2D eigenvalue weighted by molar-refractivity contribution is -0.219. The minimum Gasteiger partial charge on any atom is -0.511 e. The minimum atomic E-state index is -4.49. The van der Waals surface area contributed by atoms with E-state index >= 15 is 0 Å². The summed E-state index contributed by atoms with van der Waals surface area (Å²) in [5.41, 5.74) is -4.06. The Bertz CT molecular complexity index is 608. The summed E-state index contributed by atoms with van der Waals surface area (Å²) in [7, 11) is 0. The maximum atomic E-state index is 13.7. The molecule has 1 aliphatic rings. The van der Waals surface area contributed by atoms with E-state index in [4.69, 9.17) is 0 Å². The molecule has 0 aliphatic heterocycles. The number of carbonyl (C=O) groups is 1. The van der Waals surface area contributed by atoms with Crippen molar-refractivity contribution in [3.63, 3.8) is 0 Å². The molecule has 0 heterocycles. The topological polar surface area (TPSA) is 77.8 Å². The third-order valence-corrected chi connectivity index (χ3v) is 6.58. The molecule has 0 aromatic heterocycles. The standard InChI is InChI=1S/C23H37F3O4/c1-4-6-8-13-18(27)22(20(29)30,17-11-9-10-12-17)19(28)14-16-21(3,15-7-5-2)23(24,25)26/h6,8,14,17-18,27-28H,4-5,7,9-13,15-16H2,1-3H3,(H,29,30)/b8-6-,19-14+/t18-,21?,22-/m1/s1. The van der Waals surface area contributed by atoms with Gasteiger partial charge in [-0.1, -0.05) is 58.6 Å². The average molecular weight is 435 g/mol. The molecule has 1 unspecified atom stereocenters. The summed E-state index contributed by atoms with van der Waals surface area (Å²) >= 11 is 0. The van der Waals surface area contributed by atoms with E-state index in [1.165, 1.54) is 0 Å². The van der Waals surface area contributed by atoms with Crippen molar-refractivity contribution >= 4 is 5.97 Å². The summed E-state index contributed by atoms with van der Waals surface area (Å²) in [4.78, 5) is 12.4. The van der Waals surface area contributed by atoms with Crippen LogP contribution in [0.15, 0.2) is 24.0 Å². The average Bonchev–Trinajstić information content (AvgIpc) is 3.19. The Morgan fingerprint density at radius 1 is 1.13 bits per heavy atom. The summed E-state index contributed by atoms with van der Waals surface area (Å²) in [5, 5.41) is 31.9. The Hall–Kier alpha value is -1.50. The van der Waals surface area contributed by atoms with Crippen LogP contribution < -0.4 is 0 Å². The predicted octanol–water partition coefficient (Wildman–Crippen LogP) is 6.56. The molecule has 0 aromatic rings. The van der Waals surface area contributed by atoms with Crippen LogP contribution in [0.1, 0.15) is 85.0 Å². The van der Waals surface area contributed by atoms with Crippen LogP contribution in [0.3, 0.4) is 0 Å². The van der Waals surface area contributed by atoms with E-state index in [0.717, 1.165) is 25.8 Å². The fourth-order valence-electron chi connectivity index (χ4n) is 4.45. The van der Waals surface area contributed by atoms with E-state index in [9.17, 15) is 33.3 Å². The zero-order chi connectivity index (χ0) is 23.0. The Labute approximate surface area is 177 Å². The molecular formula is C23H37F3O4. The van der Waals surface area contributed by atoms with E-state index in [2.05, 4.69) is 0 Å². The van der Waals surface area contributed by atoms with Crippen molar-refractivity contribution in [3.05, 3.63) is 24.0 Å². The number of aliphatic carboxylic acids is 1. The van der Waals surface area contributed by atoms with Gasteiger partial charge in [0, 0.05) is 0 Å². The first-order valence-electron chi connectivity index (χ1n) is 11.0. The third-order valence-electron chi connectivity index (χ3n) is 6.58. The van der Waals surface area contributed by atoms with Crippen molar-refractivity contribution in [3.8, 4) is 0 Å². The Morgan fingerprint density at radius 3 is 2.20 bits per heavy atom. The largest absolute Gasteiger partial charge is 0.511 e. The molecule has 1 aliphatic carbocycles. The van der Waals surface area contributed by atoms with Gasteiger partial charge in [-0.25, -0.2) is 0 Å². The Balaban J connectivity index is 3.36. The summed E-state index contributed by atoms with van der Waals surface area (Å²) < 4.78 is 41.1. The maximum absolute atomic E-state index is 13.7. The lowest BCUT2D eigenvalue weighted by Gasteiger charge is -2.39. The second-order valence-electron chi connectivity index (χ2n) is 8.74. The number of hydrogen-bond donors (Lipinski definition) is 3. The lowest BCUT2D eigenvalue weighted by atomic mass is 9.67. The molecule has 3 atom stereocenters. The smallest absolute Gasteiger partial charge is 0.394 e. The molecule has 3 N–H and O–H groups in total. The van der Waals surface area contributed by atoms with Crippen LogP contribution in [0.2, 0.25) is 0 Å². The van der Waals surface area contributed by atoms with Crippen molar-refractivity contribution < 1.29 is 33.3 Å². The summed E-state index contributed by atoms with van der Waals surface area (Å²) in [6, 6.07) is 0. The van der Waals surface area contributed by atoms with E-state index in [0.29, 0.717) is 32.1 Å². The van der Waals surface area contributed by atoms with Crippen LogP contribution >= 0.6 is 0 Å². The van der Waals surface area contributed by atoms with Crippen molar-refractivity contribution in [2.45, 2.75) is 97.3 Å². The van der Waals surface area contributed by atoms with E-state index in [1.807, 2.05) is 6.92 Å². The van der Waals surface area contributed by atoms with Gasteiger partial charge in [0.15, 0.2) is 5.41 Å². The molecule has 1 fully saturated rings. The molecule has 1 saturated carbocycles. The zero-order valence-corrected chi connectivity index (χ0v) is 18.3. The number of alkyl halides is 3. The second kappa shape index (κ2) is 11.2. The normalized spacial score (nSPS) is 21.5. The second-order valence-corrected chi connectivity index (χ2v) is 8.74. The molecule has 0 spiro atoms. The van der Waals surface area contributed by atoms with Crippen molar-refractivity contribution in [1.29, 1.82) is 0 Å². The van der Waals surface area contributed by atoms with Gasteiger partial charge in [-0.3, -0.25) is 4.79 Å². The summed E-state index contributed by atoms with van der Waals surface area (Å²) in [6.07, 6.45) is 2.14. The lowest BCUT2D eigenvalue weighted by Crippen LogP contribution is -2.49. The zero-order valence-electron chi connectivity index (χ0n) is 18.3. The first-order chi connectivity index (χ1) is 14.0. The van der Waals surface area contributed by atoms with Crippen LogP contribution in [0, 0.1) is 16.7 Å². The molecule has 1 rings (SSSR count). The molecule has 30 heavy (non-hydrogen) atoms. The number of hydrogen-bond acceptors (Lipinski definition) is 3. The quantitative estimate of drug-likeness (QED) is 0.240. The van der Waals surface area contributed by atoms with Gasteiger partial charge in [-0.2, -0.15) is 13.2 Å². The number of aliphatic hydroxyl groups excluding tert-OH is 2. The maximum Gasteiger partial charge on any atom is 0.394 e. The van der Waals surface area contributed by atoms with Crippen molar-refractivity contribution in [1.82, 2.24) is 0 Å². The van der Waals surface area contributed by atoms with Gasteiger partial charge in [0.25, 0.3) is 0 Å². The first-order valence-corrected chi connectivity index (χ1v) is 11.0. The highest BCUT2D eigenvalue weighted by molar-refractivity contribution is 5.79. The van der Waals surface area contributed by atoms with Crippen LogP contribution in [-0.4, -0.2) is 33.6 Å². The fourth-order valence-corrected chi connectivity index (χ4v) is 4.45. The van der Waals surface area contributed by atoms with Crippen LogP contribution in [0.25, 0.3) is 0 Å². The number of carboxylic acid groups (broad SMARTS) is 1. The SMILES string of the molecule is CC/C=C\C[C@@H](O)[C@@](C(=O)O)(/C(O)=C\CC(C)(CCCC)C(F)(F)F)C1CCCC1. The summed E-state index contributed by atoms with van der Waals surface area (Å²) in [6.45, 7) is 4.81. The molecule has 174 valence electrons. The van der Waals surface area contributed by atoms with Gasteiger partial charge in [-0.05, 0) is 50.5 Å². The minimum absolute atomic E-state index is 0.0148. The fraction of sp³-hybridized carbons (Fsp3) is 0.783. The highest BCUT2D eigenvalue weighted by Gasteiger charge is 2.56. The highest BCUT2D eigenvalue weighted by atomic mass is 19.4. The van der Waals surface area contributed by atoms with Crippen molar-refractivity contribution in [2.24, 2.45) is 16.7 Å². The first kappa shape index (κ1) is 26.5. The van der Waals surface area contributed by atoms with Gasteiger partial charge in [0.1, 0.15) is 5.76 Å².